The molecule has 1 rings (SSSR count). The zero-order valence-corrected chi connectivity index (χ0v) is 4.76. The maximum Gasteiger partial charge on any atom is 0.197 e. The smallest absolute Gasteiger partial charge is 0.197 e. The van der Waals surface area contributed by atoms with Crippen LogP contribution in [-0.2, 0) is 6.42 Å². The van der Waals surface area contributed by atoms with E-state index in [-0.39, 0.29) is 0 Å². The molecule has 0 fully saturated rings. The number of nitrogens with zero attached hydrogens (tertiary/aromatic N) is 2. The van der Waals surface area contributed by atoms with E-state index in [4.69, 9.17) is 11.0 Å². The Bertz CT molecular complexity index is 231. The molecule has 4 nitrogen and oxygen atoms in total. The number of anilines is 1. The maximum atomic E-state index is 8.19. The summed E-state index contributed by atoms with van der Waals surface area (Å²) in [7, 11) is 0. The molecular weight excluding hydrogens is 116 g/mol. The van der Waals surface area contributed by atoms with Crippen LogP contribution in [0.15, 0.2) is 6.20 Å². The number of imidazole rings is 1. The number of hydrogen-bond acceptors (Lipinski definition) is 3. The third kappa shape index (κ3) is 1.19. The van der Waals surface area contributed by atoms with Crippen LogP contribution in [0, 0.1) is 11.3 Å². The standard InChI is InChI=1S/C5H6N4/c6-2-1-4-3-8-5(7)9-4/h3H,1H2,(H3,7,8,9). The first-order valence-corrected chi connectivity index (χ1v) is 2.49. The predicted octanol–water partition coefficient (Wildman–Crippen LogP) is 0.0580. The highest BCUT2D eigenvalue weighted by Crippen LogP contribution is 1.96. The number of nitrogens with two attached hydrogens (primary N) is 1. The summed E-state index contributed by atoms with van der Waals surface area (Å²) in [5, 5.41) is 8.19. The third-order valence-corrected chi connectivity index (χ3v) is 0.918. The first-order valence-electron chi connectivity index (χ1n) is 2.49. The van der Waals surface area contributed by atoms with E-state index in [0.29, 0.717) is 12.4 Å². The van der Waals surface area contributed by atoms with Crippen molar-refractivity contribution in [1.29, 1.82) is 5.26 Å². The van der Waals surface area contributed by atoms with Crippen molar-refractivity contribution in [3.8, 4) is 6.07 Å². The Kier molecular flexibility index (Phi) is 1.36. The van der Waals surface area contributed by atoms with Crippen molar-refractivity contribution in [2.45, 2.75) is 6.42 Å². The fourth-order valence-electron chi connectivity index (χ4n) is 0.552. The van der Waals surface area contributed by atoms with Crippen LogP contribution in [0.1, 0.15) is 5.69 Å². The SMILES string of the molecule is N#CCc1cnc(N)[nH]1. The molecule has 3 N–H and O–H groups in total. The van der Waals surface area contributed by atoms with Crippen LogP contribution in [0.5, 0.6) is 0 Å². The lowest BCUT2D eigenvalue weighted by atomic mass is 10.4. The molecule has 0 amide bonds. The summed E-state index contributed by atoms with van der Waals surface area (Å²) in [5.74, 6) is 0.361. The average molecular weight is 122 g/mol. The number of H-pyrrole nitrogens is 1. The van der Waals surface area contributed by atoms with Crippen molar-refractivity contribution in [3.05, 3.63) is 11.9 Å². The van der Waals surface area contributed by atoms with Gasteiger partial charge in [-0.1, -0.05) is 0 Å². The Balaban J connectivity index is 2.76. The number of rotatable bonds is 1. The lowest BCUT2D eigenvalue weighted by Crippen LogP contribution is -1.86. The zero-order chi connectivity index (χ0) is 6.69. The Morgan fingerprint density at radius 1 is 1.89 bits per heavy atom. The van der Waals surface area contributed by atoms with Gasteiger partial charge in [-0.15, -0.1) is 0 Å². The van der Waals surface area contributed by atoms with Crippen molar-refractivity contribution in [3.63, 3.8) is 0 Å². The Hall–Kier alpha value is -1.50. The van der Waals surface area contributed by atoms with Gasteiger partial charge in [0.05, 0.1) is 24.4 Å². The van der Waals surface area contributed by atoms with Gasteiger partial charge in [0.15, 0.2) is 5.95 Å². The first-order chi connectivity index (χ1) is 4.33. The summed E-state index contributed by atoms with van der Waals surface area (Å²) < 4.78 is 0. The number of hydrogen-bond donors (Lipinski definition) is 2. The van der Waals surface area contributed by atoms with E-state index in [2.05, 4.69) is 9.97 Å². The molecule has 0 spiro atoms. The monoisotopic (exact) mass is 122 g/mol. The molecule has 0 aliphatic heterocycles. The molecule has 0 radical (unpaired) electrons. The normalized spacial score (nSPS) is 8.78. The van der Waals surface area contributed by atoms with Crippen LogP contribution in [-0.4, -0.2) is 9.97 Å². The molecule has 1 aromatic rings. The lowest BCUT2D eigenvalue weighted by Gasteiger charge is -1.80. The fraction of sp³-hybridized carbons (Fsp3) is 0.200. The van der Waals surface area contributed by atoms with Crippen LogP contribution >= 0.6 is 0 Å². The van der Waals surface area contributed by atoms with E-state index in [1.54, 1.807) is 6.20 Å². The minimum absolute atomic E-state index is 0.337. The zero-order valence-electron chi connectivity index (χ0n) is 4.76. The molecule has 0 unspecified atom stereocenters. The van der Waals surface area contributed by atoms with Gasteiger partial charge < -0.3 is 10.7 Å². The number of nitrogen functional groups attached to an aromatic ring is 1. The van der Waals surface area contributed by atoms with Crippen LogP contribution < -0.4 is 5.73 Å². The van der Waals surface area contributed by atoms with Crippen LogP contribution in [0.25, 0.3) is 0 Å². The summed E-state index contributed by atoms with van der Waals surface area (Å²) >= 11 is 0. The van der Waals surface area contributed by atoms with Crippen LogP contribution in [0.4, 0.5) is 5.95 Å². The van der Waals surface area contributed by atoms with E-state index >= 15 is 0 Å². The van der Waals surface area contributed by atoms with Crippen molar-refractivity contribution in [1.82, 2.24) is 9.97 Å². The Labute approximate surface area is 52.3 Å². The van der Waals surface area contributed by atoms with E-state index in [0.717, 1.165) is 5.69 Å². The summed E-state index contributed by atoms with van der Waals surface area (Å²) in [4.78, 5) is 6.43. The first kappa shape index (κ1) is 5.63. The Morgan fingerprint density at radius 3 is 3.11 bits per heavy atom. The van der Waals surface area contributed by atoms with Crippen LogP contribution in [0.2, 0.25) is 0 Å². The van der Waals surface area contributed by atoms with E-state index in [1.165, 1.54) is 0 Å². The molecule has 9 heavy (non-hydrogen) atoms. The molecule has 4 heteroatoms. The summed E-state index contributed by atoms with van der Waals surface area (Å²) in [6, 6.07) is 1.97. The second-order valence-corrected chi connectivity index (χ2v) is 1.63. The van der Waals surface area contributed by atoms with Crippen molar-refractivity contribution >= 4 is 5.95 Å². The molecule has 0 aromatic carbocycles. The van der Waals surface area contributed by atoms with E-state index in [9.17, 15) is 0 Å². The molecule has 0 aliphatic carbocycles. The number of aromatic nitrogens is 2. The molecule has 46 valence electrons. The second kappa shape index (κ2) is 2.18. The quantitative estimate of drug-likeness (QED) is 0.552. The van der Waals surface area contributed by atoms with Crippen molar-refractivity contribution < 1.29 is 0 Å². The minimum Gasteiger partial charge on any atom is -0.369 e. The molecule has 0 saturated carbocycles. The highest BCUT2D eigenvalue weighted by molar-refractivity contribution is 5.19. The lowest BCUT2D eigenvalue weighted by molar-refractivity contribution is 1.16. The third-order valence-electron chi connectivity index (χ3n) is 0.918. The van der Waals surface area contributed by atoms with Gasteiger partial charge in [0.1, 0.15) is 0 Å². The van der Waals surface area contributed by atoms with Crippen molar-refractivity contribution in [2.75, 3.05) is 5.73 Å². The predicted molar refractivity (Wildman–Crippen MR) is 32.3 cm³/mol. The van der Waals surface area contributed by atoms with Crippen molar-refractivity contribution in [2.24, 2.45) is 0 Å². The highest BCUT2D eigenvalue weighted by atomic mass is 15.0. The molecule has 0 saturated heterocycles. The number of aromatic amines is 1. The van der Waals surface area contributed by atoms with E-state index in [1.807, 2.05) is 6.07 Å². The topological polar surface area (TPSA) is 78.5 Å². The maximum absolute atomic E-state index is 8.19. The summed E-state index contributed by atoms with van der Waals surface area (Å²) in [6.07, 6.45) is 1.89. The fourth-order valence-corrected chi connectivity index (χ4v) is 0.552. The summed E-state index contributed by atoms with van der Waals surface area (Å²) in [5.41, 5.74) is 5.99. The average Bonchev–Trinajstić information content (AvgIpc) is 2.17. The largest absolute Gasteiger partial charge is 0.369 e. The molecular formula is C5H6N4. The van der Waals surface area contributed by atoms with Gasteiger partial charge in [-0.3, -0.25) is 0 Å². The summed E-state index contributed by atoms with van der Waals surface area (Å²) in [6.45, 7) is 0. The molecule has 0 aliphatic rings. The van der Waals surface area contributed by atoms with Gasteiger partial charge in [0.2, 0.25) is 0 Å². The minimum atomic E-state index is 0.337. The van der Waals surface area contributed by atoms with Gasteiger partial charge in [-0.05, 0) is 0 Å². The van der Waals surface area contributed by atoms with Gasteiger partial charge in [0.25, 0.3) is 0 Å². The van der Waals surface area contributed by atoms with E-state index < -0.39 is 0 Å². The molecule has 0 atom stereocenters. The molecule has 1 aromatic heterocycles. The van der Waals surface area contributed by atoms with Gasteiger partial charge in [-0.25, -0.2) is 4.98 Å². The second-order valence-electron chi connectivity index (χ2n) is 1.63. The van der Waals surface area contributed by atoms with Crippen LogP contribution in [0.3, 0.4) is 0 Å². The molecule has 0 bridgehead atoms. The van der Waals surface area contributed by atoms with Gasteiger partial charge in [0, 0.05) is 0 Å². The Morgan fingerprint density at radius 2 is 2.67 bits per heavy atom. The number of nitrogens with one attached hydrogen (secondary N) is 1. The highest BCUT2D eigenvalue weighted by Gasteiger charge is 1.92. The number of nitriles is 1. The van der Waals surface area contributed by atoms with Gasteiger partial charge in [-0.2, -0.15) is 5.26 Å². The van der Waals surface area contributed by atoms with Gasteiger partial charge >= 0.3 is 0 Å². The molecule has 1 heterocycles.